The zero-order valence-electron chi connectivity index (χ0n) is 17.8. The normalized spacial score (nSPS) is 15.0. The van der Waals surface area contributed by atoms with Crippen molar-refractivity contribution in [3.05, 3.63) is 82.7 Å². The summed E-state index contributed by atoms with van der Waals surface area (Å²) in [5, 5.41) is 9.30. The first-order valence-electron chi connectivity index (χ1n) is 10.1. The standard InChI is InChI=1S/C25H24N2O4/c1-16-13-20(17(2)27(16)22-6-4-5-19(15-22)25(29)30)14-18-11-12-26(24(18)28)21-7-9-23(31-3)10-8-21/h4-10,13-15H,11-12H2,1-3H3,(H,29,30)/b18-14+. The molecule has 0 unspecified atom stereocenters. The van der Waals surface area contributed by atoms with Crippen LogP contribution in [0.5, 0.6) is 5.75 Å². The minimum absolute atomic E-state index is 0.00263. The van der Waals surface area contributed by atoms with Crippen LogP contribution in [0.15, 0.2) is 60.2 Å². The topological polar surface area (TPSA) is 71.8 Å². The molecular formula is C25H24N2O4. The molecule has 6 heteroatoms. The number of hydrogen-bond acceptors (Lipinski definition) is 3. The summed E-state index contributed by atoms with van der Waals surface area (Å²) in [5.74, 6) is -0.199. The first-order valence-corrected chi connectivity index (χ1v) is 10.1. The van der Waals surface area contributed by atoms with Crippen LogP contribution in [0.25, 0.3) is 11.8 Å². The number of carbonyl (C=O) groups excluding carboxylic acids is 1. The fourth-order valence-corrected chi connectivity index (χ4v) is 4.05. The number of hydrogen-bond donors (Lipinski definition) is 1. The summed E-state index contributed by atoms with van der Waals surface area (Å²) >= 11 is 0. The van der Waals surface area contributed by atoms with Crippen molar-refractivity contribution >= 4 is 23.6 Å². The highest BCUT2D eigenvalue weighted by atomic mass is 16.5. The predicted molar refractivity (Wildman–Crippen MR) is 120 cm³/mol. The van der Waals surface area contributed by atoms with Crippen molar-refractivity contribution in [3.63, 3.8) is 0 Å². The van der Waals surface area contributed by atoms with Crippen molar-refractivity contribution < 1.29 is 19.4 Å². The van der Waals surface area contributed by atoms with Gasteiger partial charge in [-0.05, 0) is 80.4 Å². The fraction of sp³-hybridized carbons (Fsp3) is 0.200. The van der Waals surface area contributed by atoms with Gasteiger partial charge in [0.2, 0.25) is 0 Å². The third kappa shape index (κ3) is 3.84. The zero-order valence-corrected chi connectivity index (χ0v) is 17.8. The molecule has 0 atom stereocenters. The number of aryl methyl sites for hydroxylation is 1. The molecule has 0 spiro atoms. The number of carboxylic acids is 1. The van der Waals surface area contributed by atoms with E-state index in [4.69, 9.17) is 4.74 Å². The number of benzene rings is 2. The largest absolute Gasteiger partial charge is 0.497 e. The number of methoxy groups -OCH3 is 1. The molecule has 1 N–H and O–H groups in total. The van der Waals surface area contributed by atoms with Crippen LogP contribution in [0.1, 0.15) is 33.7 Å². The Morgan fingerprint density at radius 3 is 2.48 bits per heavy atom. The average molecular weight is 416 g/mol. The lowest BCUT2D eigenvalue weighted by Crippen LogP contribution is -2.24. The van der Waals surface area contributed by atoms with Gasteiger partial charge in [0, 0.05) is 34.9 Å². The van der Waals surface area contributed by atoms with Crippen molar-refractivity contribution in [1.29, 1.82) is 0 Å². The maximum absolute atomic E-state index is 13.0. The van der Waals surface area contributed by atoms with Gasteiger partial charge >= 0.3 is 5.97 Å². The number of carboxylic acid groups (broad SMARTS) is 1. The Hall–Kier alpha value is -3.80. The third-order valence-electron chi connectivity index (χ3n) is 5.66. The van der Waals surface area contributed by atoms with Crippen LogP contribution in [-0.2, 0) is 4.79 Å². The van der Waals surface area contributed by atoms with E-state index in [1.165, 1.54) is 0 Å². The van der Waals surface area contributed by atoms with Crippen LogP contribution in [0, 0.1) is 13.8 Å². The molecule has 158 valence electrons. The van der Waals surface area contributed by atoms with Crippen LogP contribution in [0.4, 0.5) is 5.69 Å². The number of aromatic carboxylic acids is 1. The molecule has 2 heterocycles. The number of carbonyl (C=O) groups is 2. The van der Waals surface area contributed by atoms with Crippen LogP contribution in [-0.4, -0.2) is 35.2 Å². The Balaban J connectivity index is 1.64. The molecule has 0 saturated carbocycles. The molecule has 2 aromatic carbocycles. The molecule has 6 nitrogen and oxygen atoms in total. The molecule has 1 fully saturated rings. The Kier molecular flexibility index (Phi) is 5.38. The summed E-state index contributed by atoms with van der Waals surface area (Å²) in [6, 6.07) is 16.4. The second-order valence-corrected chi connectivity index (χ2v) is 7.59. The summed E-state index contributed by atoms with van der Waals surface area (Å²) in [5.41, 5.74) is 5.54. The van der Waals surface area contributed by atoms with Gasteiger partial charge in [0.15, 0.2) is 0 Å². The highest BCUT2D eigenvalue weighted by Gasteiger charge is 2.27. The lowest BCUT2D eigenvalue weighted by atomic mass is 10.1. The molecule has 0 radical (unpaired) electrons. The van der Waals surface area contributed by atoms with Gasteiger partial charge < -0.3 is 19.3 Å². The highest BCUT2D eigenvalue weighted by molar-refractivity contribution is 6.10. The Morgan fingerprint density at radius 2 is 1.81 bits per heavy atom. The van der Waals surface area contributed by atoms with Crippen LogP contribution >= 0.6 is 0 Å². The van der Waals surface area contributed by atoms with E-state index in [9.17, 15) is 14.7 Å². The Labute approximate surface area is 181 Å². The van der Waals surface area contributed by atoms with E-state index in [1.54, 1.807) is 30.2 Å². The molecule has 1 aliphatic heterocycles. The minimum atomic E-state index is -0.957. The molecule has 1 saturated heterocycles. The summed E-state index contributed by atoms with van der Waals surface area (Å²) < 4.78 is 7.21. The lowest BCUT2D eigenvalue weighted by Gasteiger charge is -2.15. The number of anilines is 1. The number of aromatic nitrogens is 1. The van der Waals surface area contributed by atoms with Crippen LogP contribution in [0.2, 0.25) is 0 Å². The quantitative estimate of drug-likeness (QED) is 0.616. The molecule has 0 aliphatic carbocycles. The molecular weight excluding hydrogens is 392 g/mol. The lowest BCUT2D eigenvalue weighted by molar-refractivity contribution is -0.114. The monoisotopic (exact) mass is 416 g/mol. The first kappa shape index (κ1) is 20.5. The molecule has 3 aromatic rings. The zero-order chi connectivity index (χ0) is 22.1. The summed E-state index contributed by atoms with van der Waals surface area (Å²) in [4.78, 5) is 26.1. The number of nitrogens with zero attached hydrogens (tertiary/aromatic N) is 2. The molecule has 1 aromatic heterocycles. The van der Waals surface area contributed by atoms with Gasteiger partial charge in [-0.1, -0.05) is 6.07 Å². The molecule has 4 rings (SSSR count). The molecule has 1 amide bonds. The number of amides is 1. The molecule has 1 aliphatic rings. The van der Waals surface area contributed by atoms with Crippen molar-refractivity contribution in [2.24, 2.45) is 0 Å². The van der Waals surface area contributed by atoms with Gasteiger partial charge in [0.25, 0.3) is 5.91 Å². The summed E-state index contributed by atoms with van der Waals surface area (Å²) in [6.45, 7) is 4.59. The first-order chi connectivity index (χ1) is 14.9. The second-order valence-electron chi connectivity index (χ2n) is 7.59. The van der Waals surface area contributed by atoms with E-state index in [2.05, 4.69) is 0 Å². The predicted octanol–water partition coefficient (Wildman–Crippen LogP) is 4.62. The van der Waals surface area contributed by atoms with Crippen molar-refractivity contribution in [1.82, 2.24) is 4.57 Å². The number of ether oxygens (including phenoxy) is 1. The van der Waals surface area contributed by atoms with E-state index in [0.717, 1.165) is 39.6 Å². The van der Waals surface area contributed by atoms with Crippen molar-refractivity contribution in [2.75, 3.05) is 18.6 Å². The van der Waals surface area contributed by atoms with Gasteiger partial charge in [0.1, 0.15) is 5.75 Å². The van der Waals surface area contributed by atoms with E-state index in [0.29, 0.717) is 13.0 Å². The average Bonchev–Trinajstić information content (AvgIpc) is 3.27. The molecule has 0 bridgehead atoms. The van der Waals surface area contributed by atoms with E-state index in [1.807, 2.05) is 60.9 Å². The molecule has 31 heavy (non-hydrogen) atoms. The summed E-state index contributed by atoms with van der Waals surface area (Å²) in [6.07, 6.45) is 2.62. The highest BCUT2D eigenvalue weighted by Crippen LogP contribution is 2.30. The van der Waals surface area contributed by atoms with Gasteiger partial charge in [0.05, 0.1) is 12.7 Å². The van der Waals surface area contributed by atoms with Crippen LogP contribution in [0.3, 0.4) is 0 Å². The SMILES string of the molecule is COc1ccc(N2CC/C(=C\c3cc(C)n(-c4cccc(C(=O)O)c4)c3C)C2=O)cc1. The summed E-state index contributed by atoms with van der Waals surface area (Å²) in [7, 11) is 1.62. The van der Waals surface area contributed by atoms with E-state index < -0.39 is 5.97 Å². The van der Waals surface area contributed by atoms with Gasteiger partial charge in [-0.25, -0.2) is 4.79 Å². The fourth-order valence-electron chi connectivity index (χ4n) is 4.05. The minimum Gasteiger partial charge on any atom is -0.497 e. The van der Waals surface area contributed by atoms with E-state index >= 15 is 0 Å². The van der Waals surface area contributed by atoms with Crippen molar-refractivity contribution in [3.8, 4) is 11.4 Å². The number of rotatable bonds is 5. The Bertz CT molecular complexity index is 1190. The van der Waals surface area contributed by atoms with Crippen LogP contribution < -0.4 is 9.64 Å². The smallest absolute Gasteiger partial charge is 0.335 e. The van der Waals surface area contributed by atoms with Gasteiger partial charge in [-0.2, -0.15) is 0 Å². The van der Waals surface area contributed by atoms with E-state index in [-0.39, 0.29) is 11.5 Å². The second kappa shape index (κ2) is 8.14. The maximum Gasteiger partial charge on any atom is 0.335 e. The van der Waals surface area contributed by atoms with Gasteiger partial charge in [-0.3, -0.25) is 4.79 Å². The van der Waals surface area contributed by atoms with Crippen molar-refractivity contribution in [2.45, 2.75) is 20.3 Å². The maximum atomic E-state index is 13.0. The third-order valence-corrected chi connectivity index (χ3v) is 5.66. The Morgan fingerprint density at radius 1 is 1.06 bits per heavy atom. The van der Waals surface area contributed by atoms with Gasteiger partial charge in [-0.15, -0.1) is 0 Å².